The van der Waals surface area contributed by atoms with Crippen LogP contribution < -0.4 is 0 Å². The Bertz CT molecular complexity index is 931. The predicted octanol–water partition coefficient (Wildman–Crippen LogP) is 4.85. The highest BCUT2D eigenvalue weighted by Crippen LogP contribution is 2.31. The van der Waals surface area contributed by atoms with Gasteiger partial charge in [-0.2, -0.15) is 0 Å². The number of halogens is 1. The van der Waals surface area contributed by atoms with E-state index in [0.717, 1.165) is 32.7 Å². The van der Waals surface area contributed by atoms with Crippen molar-refractivity contribution in [2.45, 2.75) is 0 Å². The fraction of sp³-hybridized carbons (Fsp3) is 0. The molecule has 2 aromatic heterocycles. The van der Waals surface area contributed by atoms with Gasteiger partial charge in [0.05, 0.1) is 5.52 Å². The number of aromatic nitrogens is 3. The molecule has 2 heterocycles. The molecule has 3 nitrogen and oxygen atoms in total. The molecule has 4 rings (SSSR count). The molecule has 0 aliphatic rings. The number of para-hydroxylation sites is 2. The van der Waals surface area contributed by atoms with Gasteiger partial charge >= 0.3 is 0 Å². The lowest BCUT2D eigenvalue weighted by molar-refractivity contribution is 1.08. The molecule has 106 valence electrons. The average molecular weight is 350 g/mol. The third-order valence-electron chi connectivity index (χ3n) is 3.54. The second-order valence-corrected chi connectivity index (χ2v) is 5.78. The predicted molar refractivity (Wildman–Crippen MR) is 92.0 cm³/mol. The van der Waals surface area contributed by atoms with Crippen molar-refractivity contribution in [2.75, 3.05) is 0 Å². The molecular formula is C18H12BrN3. The SMILES string of the molecule is Brc1cccc2c1nc(-c1ccccn1)n2-c1ccccc1. The number of nitrogens with zero attached hydrogens (tertiary/aromatic N) is 3. The number of hydrogen-bond donors (Lipinski definition) is 0. The molecule has 0 amide bonds. The monoisotopic (exact) mass is 349 g/mol. The Morgan fingerprint density at radius 2 is 1.64 bits per heavy atom. The molecule has 4 heteroatoms. The summed E-state index contributed by atoms with van der Waals surface area (Å²) in [6.45, 7) is 0. The van der Waals surface area contributed by atoms with Crippen molar-refractivity contribution in [2.24, 2.45) is 0 Å². The molecule has 0 spiro atoms. The highest BCUT2D eigenvalue weighted by molar-refractivity contribution is 9.10. The maximum Gasteiger partial charge on any atom is 0.164 e. The van der Waals surface area contributed by atoms with Gasteiger partial charge in [-0.25, -0.2) is 4.98 Å². The first-order chi connectivity index (χ1) is 10.8. The summed E-state index contributed by atoms with van der Waals surface area (Å²) in [7, 11) is 0. The number of benzene rings is 2. The third kappa shape index (κ3) is 2.12. The van der Waals surface area contributed by atoms with Gasteiger partial charge in [0.2, 0.25) is 0 Å². The zero-order chi connectivity index (χ0) is 14.9. The Kier molecular flexibility index (Phi) is 3.24. The fourth-order valence-electron chi connectivity index (χ4n) is 2.57. The smallest absolute Gasteiger partial charge is 0.164 e. The molecule has 0 saturated carbocycles. The Morgan fingerprint density at radius 3 is 2.41 bits per heavy atom. The first-order valence-electron chi connectivity index (χ1n) is 6.98. The van der Waals surface area contributed by atoms with Crippen LogP contribution >= 0.6 is 15.9 Å². The van der Waals surface area contributed by atoms with Gasteiger partial charge in [0.15, 0.2) is 5.82 Å². The standard InChI is InChI=1S/C18H12BrN3/c19-14-9-6-11-16-17(14)21-18(15-10-4-5-12-20-15)22(16)13-7-2-1-3-8-13/h1-12H. The summed E-state index contributed by atoms with van der Waals surface area (Å²) in [6, 6.07) is 22.2. The third-order valence-corrected chi connectivity index (χ3v) is 4.18. The Morgan fingerprint density at radius 1 is 0.818 bits per heavy atom. The summed E-state index contributed by atoms with van der Waals surface area (Å²) in [4.78, 5) is 9.27. The highest BCUT2D eigenvalue weighted by Gasteiger charge is 2.16. The summed E-state index contributed by atoms with van der Waals surface area (Å²) in [5.41, 5.74) is 3.92. The minimum Gasteiger partial charge on any atom is -0.291 e. The van der Waals surface area contributed by atoms with Gasteiger partial charge < -0.3 is 0 Å². The fourth-order valence-corrected chi connectivity index (χ4v) is 3.01. The van der Waals surface area contributed by atoms with Gasteiger partial charge in [0, 0.05) is 16.4 Å². The largest absolute Gasteiger partial charge is 0.291 e. The maximum absolute atomic E-state index is 4.81. The Hall–Kier alpha value is -2.46. The summed E-state index contributed by atoms with van der Waals surface area (Å²) < 4.78 is 3.12. The van der Waals surface area contributed by atoms with Crippen molar-refractivity contribution < 1.29 is 0 Å². The van der Waals surface area contributed by atoms with Gasteiger partial charge in [-0.1, -0.05) is 30.3 Å². The van der Waals surface area contributed by atoms with E-state index in [9.17, 15) is 0 Å². The van der Waals surface area contributed by atoms with Crippen LogP contribution in [0.3, 0.4) is 0 Å². The number of rotatable bonds is 2. The van der Waals surface area contributed by atoms with Crippen molar-refractivity contribution in [3.05, 3.63) is 77.4 Å². The molecule has 4 aromatic rings. The van der Waals surface area contributed by atoms with E-state index >= 15 is 0 Å². The average Bonchev–Trinajstić information content (AvgIpc) is 2.97. The van der Waals surface area contributed by atoms with Crippen LogP contribution in [-0.2, 0) is 0 Å². The zero-order valence-corrected chi connectivity index (χ0v) is 13.2. The summed E-state index contributed by atoms with van der Waals surface area (Å²) in [6.07, 6.45) is 1.79. The Balaban J connectivity index is 2.10. The molecular weight excluding hydrogens is 338 g/mol. The van der Waals surface area contributed by atoms with E-state index in [4.69, 9.17) is 4.98 Å². The normalized spacial score (nSPS) is 11.0. The number of pyridine rings is 1. The molecule has 0 atom stereocenters. The lowest BCUT2D eigenvalue weighted by Gasteiger charge is -2.08. The molecule has 0 aliphatic heterocycles. The molecule has 0 saturated heterocycles. The minimum atomic E-state index is 0.841. The van der Waals surface area contributed by atoms with E-state index in [-0.39, 0.29) is 0 Å². The van der Waals surface area contributed by atoms with E-state index in [1.165, 1.54) is 0 Å². The van der Waals surface area contributed by atoms with Crippen LogP contribution in [0, 0.1) is 0 Å². The topological polar surface area (TPSA) is 30.7 Å². The lowest BCUT2D eigenvalue weighted by atomic mass is 10.2. The first-order valence-corrected chi connectivity index (χ1v) is 7.78. The van der Waals surface area contributed by atoms with Gasteiger partial charge in [-0.05, 0) is 52.3 Å². The second-order valence-electron chi connectivity index (χ2n) is 4.93. The van der Waals surface area contributed by atoms with E-state index in [1.807, 2.05) is 48.5 Å². The number of hydrogen-bond acceptors (Lipinski definition) is 2. The molecule has 0 aliphatic carbocycles. The Labute approximate surface area is 136 Å². The zero-order valence-electron chi connectivity index (χ0n) is 11.6. The maximum atomic E-state index is 4.81. The molecule has 0 fully saturated rings. The molecule has 0 unspecified atom stereocenters. The van der Waals surface area contributed by atoms with Gasteiger partial charge in [-0.15, -0.1) is 0 Å². The number of imidazole rings is 1. The first kappa shape index (κ1) is 13.2. The van der Waals surface area contributed by atoms with Crippen LogP contribution in [0.15, 0.2) is 77.4 Å². The second kappa shape index (κ2) is 5.39. The van der Waals surface area contributed by atoms with Crippen LogP contribution in [0.4, 0.5) is 0 Å². The van der Waals surface area contributed by atoms with Crippen molar-refractivity contribution in [1.82, 2.24) is 14.5 Å². The van der Waals surface area contributed by atoms with Crippen molar-refractivity contribution >= 4 is 27.0 Å². The molecule has 0 N–H and O–H groups in total. The van der Waals surface area contributed by atoms with E-state index in [2.05, 4.69) is 43.7 Å². The van der Waals surface area contributed by atoms with Gasteiger partial charge in [0.25, 0.3) is 0 Å². The van der Waals surface area contributed by atoms with Gasteiger partial charge in [-0.3, -0.25) is 9.55 Å². The summed E-state index contributed by atoms with van der Waals surface area (Å²) in [5.74, 6) is 0.841. The van der Waals surface area contributed by atoms with Crippen LogP contribution in [0.5, 0.6) is 0 Å². The van der Waals surface area contributed by atoms with Crippen molar-refractivity contribution in [3.63, 3.8) is 0 Å². The quantitative estimate of drug-likeness (QED) is 0.517. The van der Waals surface area contributed by atoms with Crippen LogP contribution in [0.2, 0.25) is 0 Å². The lowest BCUT2D eigenvalue weighted by Crippen LogP contribution is -1.98. The van der Waals surface area contributed by atoms with Crippen LogP contribution in [0.1, 0.15) is 0 Å². The van der Waals surface area contributed by atoms with Crippen molar-refractivity contribution in [1.29, 1.82) is 0 Å². The summed E-state index contributed by atoms with van der Waals surface area (Å²) >= 11 is 3.59. The molecule has 22 heavy (non-hydrogen) atoms. The number of fused-ring (bicyclic) bond motifs is 1. The molecule has 0 radical (unpaired) electrons. The van der Waals surface area contributed by atoms with Crippen LogP contribution in [0.25, 0.3) is 28.2 Å². The van der Waals surface area contributed by atoms with E-state index in [0.29, 0.717) is 0 Å². The van der Waals surface area contributed by atoms with Gasteiger partial charge in [0.1, 0.15) is 11.2 Å². The van der Waals surface area contributed by atoms with E-state index < -0.39 is 0 Å². The highest BCUT2D eigenvalue weighted by atomic mass is 79.9. The minimum absolute atomic E-state index is 0.841. The summed E-state index contributed by atoms with van der Waals surface area (Å²) in [5, 5.41) is 0. The van der Waals surface area contributed by atoms with Crippen LogP contribution in [-0.4, -0.2) is 14.5 Å². The molecule has 2 aromatic carbocycles. The molecule has 0 bridgehead atoms. The van der Waals surface area contributed by atoms with E-state index in [1.54, 1.807) is 6.20 Å². The van der Waals surface area contributed by atoms with Crippen molar-refractivity contribution in [3.8, 4) is 17.2 Å².